The van der Waals surface area contributed by atoms with Crippen molar-refractivity contribution in [3.8, 4) is 10.8 Å². The Morgan fingerprint density at radius 1 is 1.29 bits per heavy atom. The Balaban J connectivity index is 1.47. The lowest BCUT2D eigenvalue weighted by atomic mass is 10.1. The zero-order valence-electron chi connectivity index (χ0n) is 13.3. The molecule has 0 N–H and O–H groups in total. The zero-order valence-corrected chi connectivity index (χ0v) is 14.1. The Morgan fingerprint density at radius 3 is 2.88 bits per heavy atom. The summed E-state index contributed by atoms with van der Waals surface area (Å²) in [5.41, 5.74) is 2.36. The summed E-state index contributed by atoms with van der Waals surface area (Å²) in [5.74, 6) is 1.30. The molecule has 0 saturated carbocycles. The van der Waals surface area contributed by atoms with Gasteiger partial charge in [-0.2, -0.15) is 4.98 Å². The monoisotopic (exact) mass is 339 g/mol. The molecular formula is C18H17N3O2S. The molecule has 3 aromatic rings. The minimum atomic E-state index is 0.000380. The SMILES string of the molecule is Cc1ccc(CN2CC(c3noc(-c4cccs4)n3)CC2=O)cc1. The van der Waals surface area contributed by atoms with Crippen LogP contribution in [0.3, 0.4) is 0 Å². The number of likely N-dealkylation sites (tertiary alicyclic amines) is 1. The summed E-state index contributed by atoms with van der Waals surface area (Å²) in [5, 5.41) is 6.06. The molecule has 0 spiro atoms. The normalized spacial score (nSPS) is 17.6. The maximum Gasteiger partial charge on any atom is 0.267 e. The van der Waals surface area contributed by atoms with Crippen molar-refractivity contribution in [3.63, 3.8) is 0 Å². The van der Waals surface area contributed by atoms with Crippen LogP contribution in [0.15, 0.2) is 46.3 Å². The molecule has 0 aliphatic carbocycles. The van der Waals surface area contributed by atoms with Crippen LogP contribution in [-0.2, 0) is 11.3 Å². The van der Waals surface area contributed by atoms with Crippen LogP contribution in [0.2, 0.25) is 0 Å². The highest BCUT2D eigenvalue weighted by molar-refractivity contribution is 7.13. The van der Waals surface area contributed by atoms with E-state index in [1.807, 2.05) is 22.4 Å². The van der Waals surface area contributed by atoms with Crippen LogP contribution in [0, 0.1) is 6.92 Å². The van der Waals surface area contributed by atoms with E-state index >= 15 is 0 Å². The molecule has 1 aliphatic heterocycles. The molecule has 1 atom stereocenters. The van der Waals surface area contributed by atoms with E-state index in [0.29, 0.717) is 31.2 Å². The maximum atomic E-state index is 12.3. The summed E-state index contributed by atoms with van der Waals surface area (Å²) in [6.45, 7) is 3.32. The smallest absolute Gasteiger partial charge is 0.267 e. The molecule has 122 valence electrons. The summed E-state index contributed by atoms with van der Waals surface area (Å²) in [4.78, 5) is 19.6. The third-order valence-electron chi connectivity index (χ3n) is 4.25. The molecule has 24 heavy (non-hydrogen) atoms. The summed E-state index contributed by atoms with van der Waals surface area (Å²) in [6, 6.07) is 12.2. The van der Waals surface area contributed by atoms with E-state index in [1.54, 1.807) is 11.3 Å². The number of thiophene rings is 1. The Morgan fingerprint density at radius 2 is 2.12 bits per heavy atom. The molecule has 0 bridgehead atoms. The van der Waals surface area contributed by atoms with E-state index in [0.717, 1.165) is 10.4 Å². The van der Waals surface area contributed by atoms with Gasteiger partial charge in [0, 0.05) is 25.4 Å². The van der Waals surface area contributed by atoms with E-state index < -0.39 is 0 Å². The number of nitrogens with zero attached hydrogens (tertiary/aromatic N) is 3. The van der Waals surface area contributed by atoms with Gasteiger partial charge >= 0.3 is 0 Å². The fourth-order valence-corrected chi connectivity index (χ4v) is 3.56. The maximum absolute atomic E-state index is 12.3. The lowest BCUT2D eigenvalue weighted by Gasteiger charge is -2.16. The second-order valence-electron chi connectivity index (χ2n) is 6.10. The highest BCUT2D eigenvalue weighted by atomic mass is 32.1. The van der Waals surface area contributed by atoms with E-state index in [9.17, 15) is 4.79 Å². The van der Waals surface area contributed by atoms with Crippen molar-refractivity contribution in [1.29, 1.82) is 0 Å². The van der Waals surface area contributed by atoms with Gasteiger partial charge in [-0.1, -0.05) is 41.1 Å². The molecule has 2 aromatic heterocycles. The van der Waals surface area contributed by atoms with E-state index in [-0.39, 0.29) is 11.8 Å². The van der Waals surface area contributed by atoms with Gasteiger partial charge in [-0.05, 0) is 23.9 Å². The van der Waals surface area contributed by atoms with Gasteiger partial charge in [0.15, 0.2) is 5.82 Å². The first-order valence-corrected chi connectivity index (χ1v) is 8.78. The van der Waals surface area contributed by atoms with Crippen molar-refractivity contribution in [3.05, 3.63) is 58.7 Å². The molecule has 1 fully saturated rings. The summed E-state index contributed by atoms with van der Waals surface area (Å²) < 4.78 is 5.34. The van der Waals surface area contributed by atoms with Gasteiger partial charge in [0.05, 0.1) is 4.88 Å². The largest absolute Gasteiger partial charge is 0.338 e. The molecule has 4 rings (SSSR count). The Bertz CT molecular complexity index is 840. The van der Waals surface area contributed by atoms with Crippen LogP contribution >= 0.6 is 11.3 Å². The third-order valence-corrected chi connectivity index (χ3v) is 5.11. The average Bonchev–Trinajstić information content (AvgIpc) is 3.30. The van der Waals surface area contributed by atoms with Crippen LogP contribution < -0.4 is 0 Å². The number of aryl methyl sites for hydroxylation is 1. The van der Waals surface area contributed by atoms with Crippen molar-refractivity contribution in [2.24, 2.45) is 0 Å². The van der Waals surface area contributed by atoms with Gasteiger partial charge in [-0.3, -0.25) is 4.79 Å². The number of hydrogen-bond acceptors (Lipinski definition) is 5. The molecule has 1 unspecified atom stereocenters. The molecule has 0 radical (unpaired) electrons. The number of carbonyl (C=O) groups excluding carboxylic acids is 1. The fraction of sp³-hybridized carbons (Fsp3) is 0.278. The van der Waals surface area contributed by atoms with Crippen LogP contribution in [0.1, 0.15) is 29.3 Å². The molecule has 5 nitrogen and oxygen atoms in total. The second kappa shape index (κ2) is 6.20. The van der Waals surface area contributed by atoms with Crippen LogP contribution in [0.5, 0.6) is 0 Å². The van der Waals surface area contributed by atoms with Gasteiger partial charge in [-0.15, -0.1) is 11.3 Å². The Kier molecular flexibility index (Phi) is 3.90. The van der Waals surface area contributed by atoms with Crippen molar-refractivity contribution in [1.82, 2.24) is 15.0 Å². The predicted octanol–water partition coefficient (Wildman–Crippen LogP) is 3.62. The first-order chi connectivity index (χ1) is 11.7. The molecule has 1 saturated heterocycles. The Hall–Kier alpha value is -2.47. The van der Waals surface area contributed by atoms with Gasteiger partial charge < -0.3 is 9.42 Å². The number of benzene rings is 1. The number of hydrogen-bond donors (Lipinski definition) is 0. The second-order valence-corrected chi connectivity index (χ2v) is 7.04. The van der Waals surface area contributed by atoms with Gasteiger partial charge in [-0.25, -0.2) is 0 Å². The van der Waals surface area contributed by atoms with E-state index in [1.165, 1.54) is 5.56 Å². The van der Waals surface area contributed by atoms with Gasteiger partial charge in [0.2, 0.25) is 5.91 Å². The lowest BCUT2D eigenvalue weighted by molar-refractivity contribution is -0.128. The van der Waals surface area contributed by atoms with Crippen LogP contribution in [-0.4, -0.2) is 27.5 Å². The first-order valence-electron chi connectivity index (χ1n) is 7.90. The fourth-order valence-electron chi connectivity index (χ4n) is 2.91. The standard InChI is InChI=1S/C18H17N3O2S/c1-12-4-6-13(7-5-12)10-21-11-14(9-16(21)22)17-19-18(23-20-17)15-3-2-8-24-15/h2-8,14H,9-11H2,1H3. The van der Waals surface area contributed by atoms with Gasteiger partial charge in [0.25, 0.3) is 5.89 Å². The van der Waals surface area contributed by atoms with Crippen molar-refractivity contribution < 1.29 is 9.32 Å². The molecule has 3 heterocycles. The number of rotatable bonds is 4. The highest BCUT2D eigenvalue weighted by Crippen LogP contribution is 2.30. The van der Waals surface area contributed by atoms with Crippen molar-refractivity contribution in [2.75, 3.05) is 6.54 Å². The number of aromatic nitrogens is 2. The minimum absolute atomic E-state index is 0.000380. The number of amides is 1. The lowest BCUT2D eigenvalue weighted by Crippen LogP contribution is -2.24. The van der Waals surface area contributed by atoms with E-state index in [4.69, 9.17) is 4.52 Å². The highest BCUT2D eigenvalue weighted by Gasteiger charge is 2.33. The average molecular weight is 339 g/mol. The Labute approximate surface area is 143 Å². The molecule has 1 amide bonds. The molecule has 1 aromatic carbocycles. The quantitative estimate of drug-likeness (QED) is 0.728. The number of carbonyl (C=O) groups is 1. The topological polar surface area (TPSA) is 59.2 Å². The predicted molar refractivity (Wildman–Crippen MR) is 91.6 cm³/mol. The minimum Gasteiger partial charge on any atom is -0.338 e. The van der Waals surface area contributed by atoms with Crippen molar-refractivity contribution >= 4 is 17.2 Å². The third kappa shape index (κ3) is 2.97. The zero-order chi connectivity index (χ0) is 16.5. The summed E-state index contributed by atoms with van der Waals surface area (Å²) in [7, 11) is 0. The van der Waals surface area contributed by atoms with Crippen LogP contribution in [0.25, 0.3) is 10.8 Å². The van der Waals surface area contributed by atoms with E-state index in [2.05, 4.69) is 41.3 Å². The summed E-state index contributed by atoms with van der Waals surface area (Å²) in [6.07, 6.45) is 0.440. The first kappa shape index (κ1) is 15.1. The molecule has 6 heteroatoms. The van der Waals surface area contributed by atoms with Crippen molar-refractivity contribution in [2.45, 2.75) is 25.8 Å². The molecular weight excluding hydrogens is 322 g/mol. The van der Waals surface area contributed by atoms with Crippen LogP contribution in [0.4, 0.5) is 0 Å². The molecule has 1 aliphatic rings. The summed E-state index contributed by atoms with van der Waals surface area (Å²) >= 11 is 1.56. The van der Waals surface area contributed by atoms with Gasteiger partial charge in [0.1, 0.15) is 0 Å².